The third-order valence-electron chi connectivity index (χ3n) is 3.44. The van der Waals surface area contributed by atoms with Crippen molar-refractivity contribution in [3.63, 3.8) is 0 Å². The molecule has 0 radical (unpaired) electrons. The molecule has 4 nitrogen and oxygen atoms in total. The van der Waals surface area contributed by atoms with Crippen LogP contribution in [0.15, 0.2) is 24.4 Å². The molecule has 2 aromatic rings. The van der Waals surface area contributed by atoms with Gasteiger partial charge in [-0.3, -0.25) is 4.68 Å². The summed E-state index contributed by atoms with van der Waals surface area (Å²) in [4.78, 5) is 0. The molecular weight excluding hydrogens is 236 g/mol. The smallest absolute Gasteiger partial charge is 0.0642 e. The molecule has 1 N–H and O–H groups in total. The van der Waals surface area contributed by atoms with E-state index in [9.17, 15) is 0 Å². The summed E-state index contributed by atoms with van der Waals surface area (Å²) in [5.41, 5.74) is 3.68. The standard InChI is InChI=1S/C15H24N4/c1-5-16-13(4)15-8-7-9-18(15)11-14-10-12(3)17-19(14)6-2/h7-10,13,16H,5-6,11H2,1-4H3. The number of hydrogen-bond donors (Lipinski definition) is 1. The lowest BCUT2D eigenvalue weighted by Crippen LogP contribution is -2.21. The summed E-state index contributed by atoms with van der Waals surface area (Å²) in [5.74, 6) is 0. The first-order valence-electron chi connectivity index (χ1n) is 7.07. The van der Waals surface area contributed by atoms with Crippen LogP contribution in [-0.2, 0) is 13.1 Å². The summed E-state index contributed by atoms with van der Waals surface area (Å²) in [6, 6.07) is 6.85. The number of hydrogen-bond acceptors (Lipinski definition) is 2. The SMILES string of the molecule is CCNC(C)c1cccn1Cc1cc(C)nn1CC. The molecule has 2 heterocycles. The second-order valence-corrected chi connectivity index (χ2v) is 4.93. The molecule has 4 heteroatoms. The van der Waals surface area contributed by atoms with Gasteiger partial charge in [-0.15, -0.1) is 0 Å². The maximum Gasteiger partial charge on any atom is 0.0642 e. The molecule has 2 rings (SSSR count). The summed E-state index contributed by atoms with van der Waals surface area (Å²) in [7, 11) is 0. The maximum atomic E-state index is 4.51. The van der Waals surface area contributed by atoms with Crippen molar-refractivity contribution in [3.05, 3.63) is 41.5 Å². The highest BCUT2D eigenvalue weighted by Gasteiger charge is 2.11. The average molecular weight is 260 g/mol. The molecule has 19 heavy (non-hydrogen) atoms. The van der Waals surface area contributed by atoms with E-state index in [1.54, 1.807) is 0 Å². The second kappa shape index (κ2) is 6.06. The quantitative estimate of drug-likeness (QED) is 0.866. The summed E-state index contributed by atoms with van der Waals surface area (Å²) in [5, 5.41) is 7.97. The van der Waals surface area contributed by atoms with Crippen molar-refractivity contribution in [2.24, 2.45) is 0 Å². The Morgan fingerprint density at radius 2 is 2.16 bits per heavy atom. The van der Waals surface area contributed by atoms with Crippen LogP contribution >= 0.6 is 0 Å². The van der Waals surface area contributed by atoms with Crippen molar-refractivity contribution >= 4 is 0 Å². The number of aryl methyl sites for hydroxylation is 2. The van der Waals surface area contributed by atoms with Gasteiger partial charge < -0.3 is 9.88 Å². The van der Waals surface area contributed by atoms with E-state index in [-0.39, 0.29) is 0 Å². The Bertz CT molecular complexity index is 524. The van der Waals surface area contributed by atoms with Crippen LogP contribution in [0.2, 0.25) is 0 Å². The highest BCUT2D eigenvalue weighted by atomic mass is 15.3. The van der Waals surface area contributed by atoms with Crippen LogP contribution in [0.1, 0.15) is 43.9 Å². The van der Waals surface area contributed by atoms with E-state index in [2.05, 4.69) is 64.8 Å². The lowest BCUT2D eigenvalue weighted by molar-refractivity contribution is 0.538. The minimum atomic E-state index is 0.374. The van der Waals surface area contributed by atoms with E-state index in [0.717, 1.165) is 25.3 Å². The second-order valence-electron chi connectivity index (χ2n) is 4.93. The Labute approximate surface area is 115 Å². The highest BCUT2D eigenvalue weighted by Crippen LogP contribution is 2.16. The van der Waals surface area contributed by atoms with E-state index in [1.165, 1.54) is 11.4 Å². The first-order chi connectivity index (χ1) is 9.15. The number of nitrogens with zero attached hydrogens (tertiary/aromatic N) is 3. The van der Waals surface area contributed by atoms with Gasteiger partial charge in [0.15, 0.2) is 0 Å². The van der Waals surface area contributed by atoms with Crippen LogP contribution in [0.25, 0.3) is 0 Å². The van der Waals surface area contributed by atoms with Gasteiger partial charge in [-0.1, -0.05) is 6.92 Å². The Hall–Kier alpha value is -1.55. The fourth-order valence-electron chi connectivity index (χ4n) is 2.55. The maximum absolute atomic E-state index is 4.51. The molecule has 0 bridgehead atoms. The molecule has 0 aliphatic carbocycles. The van der Waals surface area contributed by atoms with Gasteiger partial charge in [-0.05, 0) is 45.5 Å². The summed E-state index contributed by atoms with van der Waals surface area (Å²) < 4.78 is 4.38. The molecular formula is C15H24N4. The van der Waals surface area contributed by atoms with E-state index in [4.69, 9.17) is 0 Å². The molecule has 0 spiro atoms. The zero-order valence-corrected chi connectivity index (χ0v) is 12.3. The normalized spacial score (nSPS) is 12.8. The predicted molar refractivity (Wildman–Crippen MR) is 78.3 cm³/mol. The third-order valence-corrected chi connectivity index (χ3v) is 3.44. The van der Waals surface area contributed by atoms with Crippen LogP contribution in [0.3, 0.4) is 0 Å². The van der Waals surface area contributed by atoms with E-state index in [0.29, 0.717) is 6.04 Å². The molecule has 0 aromatic carbocycles. The van der Waals surface area contributed by atoms with Gasteiger partial charge in [0.2, 0.25) is 0 Å². The number of nitrogens with one attached hydrogen (secondary N) is 1. The van der Waals surface area contributed by atoms with Crippen molar-refractivity contribution in [1.29, 1.82) is 0 Å². The molecule has 0 saturated heterocycles. The zero-order valence-electron chi connectivity index (χ0n) is 12.3. The molecule has 1 atom stereocenters. The van der Waals surface area contributed by atoms with Gasteiger partial charge in [0.05, 0.1) is 17.9 Å². The highest BCUT2D eigenvalue weighted by molar-refractivity contribution is 5.16. The monoisotopic (exact) mass is 260 g/mol. The van der Waals surface area contributed by atoms with E-state index >= 15 is 0 Å². The topological polar surface area (TPSA) is 34.8 Å². The third kappa shape index (κ3) is 3.07. The molecule has 104 valence electrons. The van der Waals surface area contributed by atoms with Crippen LogP contribution in [0.4, 0.5) is 0 Å². The van der Waals surface area contributed by atoms with Gasteiger partial charge in [-0.2, -0.15) is 5.10 Å². The van der Waals surface area contributed by atoms with Gasteiger partial charge in [0.1, 0.15) is 0 Å². The van der Waals surface area contributed by atoms with Crippen molar-refractivity contribution in [2.45, 2.75) is 46.8 Å². The minimum absolute atomic E-state index is 0.374. The van der Waals surface area contributed by atoms with Crippen LogP contribution in [0.5, 0.6) is 0 Å². The average Bonchev–Trinajstić information content (AvgIpc) is 2.96. The number of rotatable bonds is 6. The van der Waals surface area contributed by atoms with Gasteiger partial charge >= 0.3 is 0 Å². The first kappa shape index (κ1) is 13.9. The minimum Gasteiger partial charge on any atom is -0.344 e. The lowest BCUT2D eigenvalue weighted by atomic mass is 10.2. The van der Waals surface area contributed by atoms with Crippen molar-refractivity contribution < 1.29 is 0 Å². The Balaban J connectivity index is 2.21. The van der Waals surface area contributed by atoms with Crippen LogP contribution < -0.4 is 5.32 Å². The molecule has 0 amide bonds. The van der Waals surface area contributed by atoms with Crippen molar-refractivity contribution in [3.8, 4) is 0 Å². The summed E-state index contributed by atoms with van der Waals surface area (Å²) in [6.45, 7) is 11.3. The molecule has 1 unspecified atom stereocenters. The summed E-state index contributed by atoms with van der Waals surface area (Å²) in [6.07, 6.45) is 2.14. The predicted octanol–water partition coefficient (Wildman–Crippen LogP) is 2.73. The Kier molecular flexibility index (Phi) is 4.43. The van der Waals surface area contributed by atoms with E-state index in [1.807, 2.05) is 6.92 Å². The van der Waals surface area contributed by atoms with E-state index < -0.39 is 0 Å². The first-order valence-corrected chi connectivity index (χ1v) is 7.07. The zero-order chi connectivity index (χ0) is 13.8. The molecule has 0 fully saturated rings. The fraction of sp³-hybridized carbons (Fsp3) is 0.533. The van der Waals surface area contributed by atoms with Crippen molar-refractivity contribution in [2.75, 3.05) is 6.54 Å². The molecule has 0 aliphatic heterocycles. The lowest BCUT2D eigenvalue weighted by Gasteiger charge is -2.16. The molecule has 2 aromatic heterocycles. The van der Waals surface area contributed by atoms with Gasteiger partial charge in [-0.25, -0.2) is 0 Å². The molecule has 0 saturated carbocycles. The Morgan fingerprint density at radius 1 is 1.37 bits per heavy atom. The van der Waals surface area contributed by atoms with Gasteiger partial charge in [0.25, 0.3) is 0 Å². The van der Waals surface area contributed by atoms with Gasteiger partial charge in [0, 0.05) is 24.5 Å². The Morgan fingerprint density at radius 3 is 2.84 bits per heavy atom. The van der Waals surface area contributed by atoms with Crippen LogP contribution in [-0.4, -0.2) is 20.9 Å². The fourth-order valence-corrected chi connectivity index (χ4v) is 2.55. The molecule has 0 aliphatic rings. The van der Waals surface area contributed by atoms with Crippen LogP contribution in [0, 0.1) is 6.92 Å². The largest absolute Gasteiger partial charge is 0.344 e. The summed E-state index contributed by atoms with van der Waals surface area (Å²) >= 11 is 0. The number of aromatic nitrogens is 3. The van der Waals surface area contributed by atoms with Crippen molar-refractivity contribution in [1.82, 2.24) is 19.7 Å².